The van der Waals surface area contributed by atoms with Crippen molar-refractivity contribution in [3.8, 4) is 0 Å². The Balaban J connectivity index is 1.56. The topological polar surface area (TPSA) is 38.5 Å². The molecule has 1 unspecified atom stereocenters. The first kappa shape index (κ1) is 12.9. The van der Waals surface area contributed by atoms with Gasteiger partial charge in [-0.1, -0.05) is 12.8 Å². The fourth-order valence-corrected chi connectivity index (χ4v) is 4.24. The molecule has 18 heavy (non-hydrogen) atoms. The van der Waals surface area contributed by atoms with E-state index in [1.54, 1.807) is 0 Å². The van der Waals surface area contributed by atoms with E-state index in [9.17, 15) is 0 Å². The normalized spacial score (nSPS) is 34.2. The van der Waals surface area contributed by atoms with Gasteiger partial charge in [0.1, 0.15) is 0 Å². The van der Waals surface area contributed by atoms with Gasteiger partial charge in [0.15, 0.2) is 0 Å². The molecule has 3 aliphatic rings. The zero-order chi connectivity index (χ0) is 12.4. The standard InChI is InChI=1S/C15H28N2O/c16-12-13-3-8-17(9-4-13)14-5-10-18-15(11-14)6-1-2-7-15/h13-14H,1-12,16H2. The molecule has 0 aromatic carbocycles. The molecule has 1 saturated carbocycles. The Bertz CT molecular complexity index is 268. The Morgan fingerprint density at radius 3 is 2.50 bits per heavy atom. The van der Waals surface area contributed by atoms with Gasteiger partial charge in [-0.15, -0.1) is 0 Å². The first-order valence-corrected chi connectivity index (χ1v) is 7.89. The van der Waals surface area contributed by atoms with Crippen LogP contribution < -0.4 is 5.73 Å². The van der Waals surface area contributed by atoms with Crippen molar-refractivity contribution in [1.82, 2.24) is 4.90 Å². The van der Waals surface area contributed by atoms with Gasteiger partial charge in [-0.05, 0) is 64.1 Å². The van der Waals surface area contributed by atoms with Gasteiger partial charge in [0.25, 0.3) is 0 Å². The summed E-state index contributed by atoms with van der Waals surface area (Å²) in [5.41, 5.74) is 6.05. The molecule has 3 rings (SSSR count). The summed E-state index contributed by atoms with van der Waals surface area (Å²) in [6.07, 6.45) is 10.5. The lowest BCUT2D eigenvalue weighted by atomic mass is 9.86. The van der Waals surface area contributed by atoms with E-state index in [2.05, 4.69) is 4.90 Å². The van der Waals surface area contributed by atoms with Gasteiger partial charge < -0.3 is 15.4 Å². The van der Waals surface area contributed by atoms with Gasteiger partial charge in [-0.25, -0.2) is 0 Å². The molecule has 0 aromatic rings. The average molecular weight is 252 g/mol. The minimum absolute atomic E-state index is 0.271. The summed E-state index contributed by atoms with van der Waals surface area (Å²) in [5.74, 6) is 0.779. The first-order chi connectivity index (χ1) is 8.81. The van der Waals surface area contributed by atoms with Gasteiger partial charge in [-0.3, -0.25) is 0 Å². The van der Waals surface area contributed by atoms with Crippen LogP contribution >= 0.6 is 0 Å². The van der Waals surface area contributed by atoms with Crippen LogP contribution in [0.5, 0.6) is 0 Å². The Labute approximate surface area is 111 Å². The van der Waals surface area contributed by atoms with Crippen molar-refractivity contribution < 1.29 is 4.74 Å². The van der Waals surface area contributed by atoms with E-state index in [0.717, 1.165) is 25.1 Å². The third-order valence-electron chi connectivity index (χ3n) is 5.48. The number of hydrogen-bond donors (Lipinski definition) is 1. The van der Waals surface area contributed by atoms with E-state index in [-0.39, 0.29) is 5.60 Å². The first-order valence-electron chi connectivity index (χ1n) is 7.89. The minimum atomic E-state index is 0.271. The van der Waals surface area contributed by atoms with Crippen LogP contribution in [-0.4, -0.2) is 42.8 Å². The largest absolute Gasteiger partial charge is 0.375 e. The van der Waals surface area contributed by atoms with Gasteiger partial charge >= 0.3 is 0 Å². The van der Waals surface area contributed by atoms with Crippen LogP contribution in [0.25, 0.3) is 0 Å². The van der Waals surface area contributed by atoms with Crippen LogP contribution in [0.2, 0.25) is 0 Å². The molecular formula is C15H28N2O. The number of hydrogen-bond acceptors (Lipinski definition) is 3. The van der Waals surface area contributed by atoms with Crippen molar-refractivity contribution in [1.29, 1.82) is 0 Å². The van der Waals surface area contributed by atoms with Crippen LogP contribution in [0.4, 0.5) is 0 Å². The van der Waals surface area contributed by atoms with Crippen molar-refractivity contribution in [3.05, 3.63) is 0 Å². The molecule has 1 atom stereocenters. The summed E-state index contributed by atoms with van der Waals surface area (Å²) in [5, 5.41) is 0. The third-order valence-corrected chi connectivity index (χ3v) is 5.48. The second-order valence-corrected chi connectivity index (χ2v) is 6.60. The third kappa shape index (κ3) is 2.59. The van der Waals surface area contributed by atoms with Crippen LogP contribution in [0.1, 0.15) is 51.4 Å². The number of ether oxygens (including phenoxy) is 1. The highest BCUT2D eigenvalue weighted by atomic mass is 16.5. The molecule has 2 aliphatic heterocycles. The lowest BCUT2D eigenvalue weighted by Gasteiger charge is -2.45. The molecule has 0 bridgehead atoms. The molecule has 0 aromatic heterocycles. The smallest absolute Gasteiger partial charge is 0.0697 e. The van der Waals surface area contributed by atoms with E-state index < -0.39 is 0 Å². The maximum absolute atomic E-state index is 6.14. The van der Waals surface area contributed by atoms with Gasteiger partial charge in [-0.2, -0.15) is 0 Å². The van der Waals surface area contributed by atoms with Gasteiger partial charge in [0.05, 0.1) is 5.60 Å². The van der Waals surface area contributed by atoms with E-state index >= 15 is 0 Å². The monoisotopic (exact) mass is 252 g/mol. The molecule has 2 heterocycles. The lowest BCUT2D eigenvalue weighted by molar-refractivity contribution is -0.104. The Morgan fingerprint density at radius 2 is 1.83 bits per heavy atom. The van der Waals surface area contributed by atoms with Crippen LogP contribution in [-0.2, 0) is 4.74 Å². The molecule has 3 nitrogen and oxygen atoms in total. The molecule has 3 heteroatoms. The number of nitrogens with zero attached hydrogens (tertiary/aromatic N) is 1. The molecule has 2 saturated heterocycles. The fourth-order valence-electron chi connectivity index (χ4n) is 4.24. The Hall–Kier alpha value is -0.120. The molecule has 1 spiro atoms. The maximum Gasteiger partial charge on any atom is 0.0697 e. The van der Waals surface area contributed by atoms with Crippen molar-refractivity contribution >= 4 is 0 Å². The number of piperidine rings is 1. The Kier molecular flexibility index (Phi) is 3.92. The summed E-state index contributed by atoms with van der Waals surface area (Å²) >= 11 is 0. The van der Waals surface area contributed by atoms with Crippen LogP contribution in [0.15, 0.2) is 0 Å². The number of likely N-dealkylation sites (tertiary alicyclic amines) is 1. The zero-order valence-corrected chi connectivity index (χ0v) is 11.6. The quantitative estimate of drug-likeness (QED) is 0.818. The summed E-state index contributed by atoms with van der Waals surface area (Å²) in [4.78, 5) is 2.73. The molecule has 104 valence electrons. The molecule has 2 N–H and O–H groups in total. The minimum Gasteiger partial charge on any atom is -0.375 e. The summed E-state index contributed by atoms with van der Waals surface area (Å²) in [6, 6.07) is 0.788. The highest BCUT2D eigenvalue weighted by Crippen LogP contribution is 2.41. The average Bonchev–Trinajstić information content (AvgIpc) is 2.87. The molecule has 1 aliphatic carbocycles. The Morgan fingerprint density at radius 1 is 1.11 bits per heavy atom. The SMILES string of the molecule is NCC1CCN(C2CCOC3(CCCC3)C2)CC1. The van der Waals surface area contributed by atoms with Gasteiger partial charge in [0, 0.05) is 12.6 Å². The second-order valence-electron chi connectivity index (χ2n) is 6.60. The fraction of sp³-hybridized carbons (Fsp3) is 1.00. The molecule has 0 radical (unpaired) electrons. The highest BCUT2D eigenvalue weighted by Gasteiger charge is 2.41. The molecular weight excluding hydrogens is 224 g/mol. The van der Waals surface area contributed by atoms with Crippen molar-refractivity contribution in [2.24, 2.45) is 11.7 Å². The van der Waals surface area contributed by atoms with E-state index in [1.165, 1.54) is 64.5 Å². The van der Waals surface area contributed by atoms with Crippen LogP contribution in [0.3, 0.4) is 0 Å². The lowest BCUT2D eigenvalue weighted by Crippen LogP contribution is -2.50. The number of nitrogens with two attached hydrogens (primary N) is 1. The summed E-state index contributed by atoms with van der Waals surface area (Å²) in [7, 11) is 0. The maximum atomic E-state index is 6.14. The van der Waals surface area contributed by atoms with Crippen LogP contribution in [0, 0.1) is 5.92 Å². The van der Waals surface area contributed by atoms with Gasteiger partial charge in [0.2, 0.25) is 0 Å². The number of rotatable bonds is 2. The highest BCUT2D eigenvalue weighted by molar-refractivity contribution is 4.95. The van der Waals surface area contributed by atoms with Crippen molar-refractivity contribution in [2.75, 3.05) is 26.2 Å². The summed E-state index contributed by atoms with van der Waals surface area (Å²) < 4.78 is 6.14. The predicted molar refractivity (Wildman–Crippen MR) is 73.5 cm³/mol. The molecule has 0 amide bonds. The molecule has 3 fully saturated rings. The summed E-state index contributed by atoms with van der Waals surface area (Å²) in [6.45, 7) is 4.40. The van der Waals surface area contributed by atoms with E-state index in [1.807, 2.05) is 0 Å². The predicted octanol–water partition coefficient (Wildman–Crippen LogP) is 2.15. The van der Waals surface area contributed by atoms with Crippen molar-refractivity contribution in [2.45, 2.75) is 63.0 Å². The second kappa shape index (κ2) is 5.48. The van der Waals surface area contributed by atoms with E-state index in [0.29, 0.717) is 0 Å². The van der Waals surface area contributed by atoms with Crippen molar-refractivity contribution in [3.63, 3.8) is 0 Å². The van der Waals surface area contributed by atoms with E-state index in [4.69, 9.17) is 10.5 Å². The zero-order valence-electron chi connectivity index (χ0n) is 11.6.